The van der Waals surface area contributed by atoms with Crippen LogP contribution in [0.4, 0.5) is 0 Å². The number of aliphatic hydroxyl groups is 2. The molecule has 0 amide bonds. The minimum atomic E-state index is -1.24. The number of ether oxygens (including phenoxy) is 1. The first kappa shape index (κ1) is 10.3. The van der Waals surface area contributed by atoms with Crippen LogP contribution in [0.5, 0.6) is 0 Å². The van der Waals surface area contributed by atoms with Gasteiger partial charge in [-0.1, -0.05) is 0 Å². The number of carboxylic acids is 1. The molecule has 0 rings (SSSR count). The van der Waals surface area contributed by atoms with Gasteiger partial charge in [-0.3, -0.25) is 0 Å². The van der Waals surface area contributed by atoms with Crippen molar-refractivity contribution < 1.29 is 24.9 Å². The average Bonchev–Trinajstić information content (AvgIpc) is 1.99. The molecular weight excluding hydrogens is 152 g/mol. The summed E-state index contributed by atoms with van der Waals surface area (Å²) in [7, 11) is 0. The lowest BCUT2D eigenvalue weighted by atomic mass is 10.3. The van der Waals surface area contributed by atoms with Crippen molar-refractivity contribution in [3.63, 3.8) is 0 Å². The SMILES string of the molecule is CC(CO)OC(CO)C(=O)O. The van der Waals surface area contributed by atoms with E-state index >= 15 is 0 Å². The van der Waals surface area contributed by atoms with Crippen LogP contribution in [-0.4, -0.2) is 46.7 Å². The van der Waals surface area contributed by atoms with Gasteiger partial charge in [0.25, 0.3) is 0 Å². The Balaban J connectivity index is 3.77. The van der Waals surface area contributed by atoms with E-state index in [0.717, 1.165) is 0 Å². The van der Waals surface area contributed by atoms with Crippen molar-refractivity contribution in [3.05, 3.63) is 0 Å². The standard InChI is InChI=1S/C6H12O5/c1-4(2-7)11-5(3-8)6(9)10/h4-5,7-8H,2-3H2,1H3,(H,9,10). The smallest absolute Gasteiger partial charge is 0.335 e. The number of aliphatic hydroxyl groups excluding tert-OH is 2. The van der Waals surface area contributed by atoms with Crippen molar-refractivity contribution in [2.75, 3.05) is 13.2 Å². The van der Waals surface area contributed by atoms with Gasteiger partial charge in [0.05, 0.1) is 19.3 Å². The highest BCUT2D eigenvalue weighted by atomic mass is 16.5. The van der Waals surface area contributed by atoms with E-state index in [1.165, 1.54) is 6.92 Å². The predicted molar refractivity (Wildman–Crippen MR) is 36.1 cm³/mol. The van der Waals surface area contributed by atoms with Crippen molar-refractivity contribution in [3.8, 4) is 0 Å². The lowest BCUT2D eigenvalue weighted by Gasteiger charge is -2.14. The van der Waals surface area contributed by atoms with Crippen LogP contribution in [0.1, 0.15) is 6.92 Å². The summed E-state index contributed by atoms with van der Waals surface area (Å²) in [6.07, 6.45) is -1.81. The zero-order valence-electron chi connectivity index (χ0n) is 6.23. The molecule has 0 fully saturated rings. The third-order valence-electron chi connectivity index (χ3n) is 1.09. The Morgan fingerprint density at radius 3 is 2.27 bits per heavy atom. The van der Waals surface area contributed by atoms with E-state index in [2.05, 4.69) is 0 Å². The lowest BCUT2D eigenvalue weighted by Crippen LogP contribution is -2.32. The minimum absolute atomic E-state index is 0.260. The van der Waals surface area contributed by atoms with Crippen molar-refractivity contribution in [2.45, 2.75) is 19.1 Å². The quantitative estimate of drug-likeness (QED) is 0.476. The van der Waals surface area contributed by atoms with Crippen molar-refractivity contribution in [1.29, 1.82) is 0 Å². The molecule has 66 valence electrons. The molecule has 2 unspecified atom stereocenters. The molecule has 5 heteroatoms. The Labute approximate surface area is 64.2 Å². The maximum absolute atomic E-state index is 10.2. The Bertz CT molecular complexity index is 124. The molecule has 0 saturated carbocycles. The van der Waals surface area contributed by atoms with Gasteiger partial charge < -0.3 is 20.1 Å². The zero-order valence-corrected chi connectivity index (χ0v) is 6.23. The summed E-state index contributed by atoms with van der Waals surface area (Å²) in [5, 5.41) is 25.3. The van der Waals surface area contributed by atoms with E-state index in [4.69, 9.17) is 20.1 Å². The molecule has 0 aromatic heterocycles. The molecule has 0 aliphatic rings. The summed E-state index contributed by atoms with van der Waals surface area (Å²) in [6, 6.07) is 0. The second-order valence-corrected chi connectivity index (χ2v) is 2.14. The highest BCUT2D eigenvalue weighted by Gasteiger charge is 2.18. The van der Waals surface area contributed by atoms with Crippen LogP contribution >= 0.6 is 0 Å². The van der Waals surface area contributed by atoms with Gasteiger partial charge in [-0.2, -0.15) is 0 Å². The number of carbonyl (C=O) groups is 1. The summed E-state index contributed by atoms with van der Waals surface area (Å²) in [5.41, 5.74) is 0. The first-order valence-corrected chi connectivity index (χ1v) is 3.21. The highest BCUT2D eigenvalue weighted by Crippen LogP contribution is 1.97. The third-order valence-corrected chi connectivity index (χ3v) is 1.09. The van der Waals surface area contributed by atoms with Crippen LogP contribution in [0.2, 0.25) is 0 Å². The summed E-state index contributed by atoms with van der Waals surface area (Å²) in [5.74, 6) is -1.23. The minimum Gasteiger partial charge on any atom is -0.479 e. The normalized spacial score (nSPS) is 15.9. The Morgan fingerprint density at radius 2 is 2.00 bits per heavy atom. The maximum atomic E-state index is 10.2. The first-order valence-electron chi connectivity index (χ1n) is 3.21. The molecule has 0 bridgehead atoms. The van der Waals surface area contributed by atoms with Crippen LogP contribution in [-0.2, 0) is 9.53 Å². The van der Waals surface area contributed by atoms with Crippen LogP contribution in [0.25, 0.3) is 0 Å². The van der Waals surface area contributed by atoms with E-state index in [1.807, 2.05) is 0 Å². The number of hydrogen-bond donors (Lipinski definition) is 3. The summed E-state index contributed by atoms with van der Waals surface area (Å²) >= 11 is 0. The molecule has 0 aromatic carbocycles. The highest BCUT2D eigenvalue weighted by molar-refractivity contribution is 5.72. The first-order chi connectivity index (χ1) is 5.11. The van der Waals surface area contributed by atoms with Gasteiger partial charge in [-0.05, 0) is 6.92 Å². The van der Waals surface area contributed by atoms with Gasteiger partial charge in [0.1, 0.15) is 0 Å². The maximum Gasteiger partial charge on any atom is 0.335 e. The Morgan fingerprint density at radius 1 is 1.45 bits per heavy atom. The topological polar surface area (TPSA) is 87.0 Å². The summed E-state index contributed by atoms with van der Waals surface area (Å²) < 4.78 is 4.71. The second kappa shape index (κ2) is 5.06. The van der Waals surface area contributed by atoms with Gasteiger partial charge in [0, 0.05) is 0 Å². The van der Waals surface area contributed by atoms with Crippen LogP contribution in [0, 0.1) is 0 Å². The predicted octanol–water partition coefficient (Wildman–Crippen LogP) is -1.17. The van der Waals surface area contributed by atoms with E-state index in [-0.39, 0.29) is 6.61 Å². The number of carboxylic acid groups (broad SMARTS) is 1. The van der Waals surface area contributed by atoms with Gasteiger partial charge >= 0.3 is 5.97 Å². The third kappa shape index (κ3) is 3.92. The van der Waals surface area contributed by atoms with Crippen LogP contribution < -0.4 is 0 Å². The molecule has 11 heavy (non-hydrogen) atoms. The second-order valence-electron chi connectivity index (χ2n) is 2.14. The van der Waals surface area contributed by atoms with Crippen LogP contribution in [0.15, 0.2) is 0 Å². The molecule has 5 nitrogen and oxygen atoms in total. The fourth-order valence-corrected chi connectivity index (χ4v) is 0.503. The monoisotopic (exact) mass is 164 g/mol. The molecule has 0 spiro atoms. The molecule has 0 saturated heterocycles. The Kier molecular flexibility index (Phi) is 4.76. The summed E-state index contributed by atoms with van der Waals surface area (Å²) in [6.45, 7) is 0.676. The number of rotatable bonds is 5. The van der Waals surface area contributed by atoms with Crippen molar-refractivity contribution >= 4 is 5.97 Å². The van der Waals surface area contributed by atoms with Gasteiger partial charge in [0.15, 0.2) is 6.10 Å². The lowest BCUT2D eigenvalue weighted by molar-refractivity contribution is -0.158. The van der Waals surface area contributed by atoms with E-state index in [9.17, 15) is 4.79 Å². The zero-order chi connectivity index (χ0) is 8.85. The molecule has 0 aliphatic carbocycles. The van der Waals surface area contributed by atoms with Crippen LogP contribution in [0.3, 0.4) is 0 Å². The molecule has 0 heterocycles. The largest absolute Gasteiger partial charge is 0.479 e. The molecule has 0 aromatic rings. The molecule has 0 aliphatic heterocycles. The van der Waals surface area contributed by atoms with Crippen molar-refractivity contribution in [1.82, 2.24) is 0 Å². The molecule has 3 N–H and O–H groups in total. The molecule has 0 radical (unpaired) electrons. The van der Waals surface area contributed by atoms with Crippen molar-refractivity contribution in [2.24, 2.45) is 0 Å². The fraction of sp³-hybridized carbons (Fsp3) is 0.833. The van der Waals surface area contributed by atoms with E-state index in [0.29, 0.717) is 0 Å². The van der Waals surface area contributed by atoms with E-state index in [1.54, 1.807) is 0 Å². The molecule has 2 atom stereocenters. The van der Waals surface area contributed by atoms with Gasteiger partial charge in [-0.25, -0.2) is 4.79 Å². The van der Waals surface area contributed by atoms with Gasteiger partial charge in [0.2, 0.25) is 0 Å². The summed E-state index contributed by atoms with van der Waals surface area (Å²) in [4.78, 5) is 10.2. The number of aliphatic carboxylic acids is 1. The van der Waals surface area contributed by atoms with Gasteiger partial charge in [-0.15, -0.1) is 0 Å². The number of hydrogen-bond acceptors (Lipinski definition) is 4. The molecular formula is C6H12O5. The fourth-order valence-electron chi connectivity index (χ4n) is 0.503. The Hall–Kier alpha value is -0.650. The average molecular weight is 164 g/mol. The van der Waals surface area contributed by atoms with E-state index < -0.39 is 24.8 Å².